The summed E-state index contributed by atoms with van der Waals surface area (Å²) in [7, 11) is 0. The van der Waals surface area contributed by atoms with Gasteiger partial charge in [0.15, 0.2) is 0 Å². The molecule has 0 spiro atoms. The first-order chi connectivity index (χ1) is 10.0. The Kier molecular flexibility index (Phi) is 3.08. The van der Waals surface area contributed by atoms with E-state index in [0.717, 1.165) is 0 Å². The van der Waals surface area contributed by atoms with Crippen molar-refractivity contribution in [3.05, 3.63) is 36.2 Å². The van der Waals surface area contributed by atoms with Gasteiger partial charge in [0.05, 0.1) is 16.5 Å². The molecule has 1 amide bonds. The first-order valence-electron chi connectivity index (χ1n) is 6.74. The van der Waals surface area contributed by atoms with Crippen molar-refractivity contribution in [2.75, 3.05) is 13.1 Å². The van der Waals surface area contributed by atoms with Crippen LogP contribution in [-0.2, 0) is 4.79 Å². The highest BCUT2D eigenvalue weighted by Gasteiger charge is 2.42. The minimum Gasteiger partial charge on any atom is -0.481 e. The Hall–Kier alpha value is -2.50. The van der Waals surface area contributed by atoms with E-state index in [1.165, 1.54) is 0 Å². The Balaban J connectivity index is 1.94. The molecule has 1 atom stereocenters. The maximum Gasteiger partial charge on any atom is 0.311 e. The molecule has 0 radical (unpaired) electrons. The molecule has 1 aliphatic heterocycles. The largest absolute Gasteiger partial charge is 0.481 e. The fourth-order valence-corrected chi connectivity index (χ4v) is 2.64. The van der Waals surface area contributed by atoms with Gasteiger partial charge in [-0.3, -0.25) is 19.6 Å². The molecule has 108 valence electrons. The van der Waals surface area contributed by atoms with Crippen LogP contribution in [0.2, 0.25) is 0 Å². The molecule has 1 fully saturated rings. The number of fused-ring (bicyclic) bond motifs is 1. The zero-order chi connectivity index (χ0) is 15.0. The van der Waals surface area contributed by atoms with Crippen LogP contribution in [-0.4, -0.2) is 44.9 Å². The second kappa shape index (κ2) is 4.80. The number of benzene rings is 1. The molecule has 1 aliphatic rings. The molecule has 0 aliphatic carbocycles. The number of nitrogens with zero attached hydrogens (tertiary/aromatic N) is 3. The Morgan fingerprint density at radius 3 is 2.76 bits per heavy atom. The molecule has 1 aromatic carbocycles. The molecule has 1 N–H and O–H groups in total. The number of aromatic nitrogens is 2. The normalized spacial score (nSPS) is 21.7. The summed E-state index contributed by atoms with van der Waals surface area (Å²) < 4.78 is 0. The fourth-order valence-electron chi connectivity index (χ4n) is 2.64. The van der Waals surface area contributed by atoms with E-state index in [4.69, 9.17) is 0 Å². The number of hydrogen-bond acceptors (Lipinski definition) is 4. The predicted octanol–water partition coefficient (Wildman–Crippen LogP) is 1.57. The monoisotopic (exact) mass is 285 g/mol. The van der Waals surface area contributed by atoms with Crippen molar-refractivity contribution in [1.29, 1.82) is 0 Å². The predicted molar refractivity (Wildman–Crippen MR) is 75.8 cm³/mol. The molecule has 1 saturated heterocycles. The topological polar surface area (TPSA) is 83.4 Å². The lowest BCUT2D eigenvalue weighted by Crippen LogP contribution is -2.35. The van der Waals surface area contributed by atoms with E-state index in [2.05, 4.69) is 9.97 Å². The van der Waals surface area contributed by atoms with Crippen LogP contribution < -0.4 is 0 Å². The zero-order valence-electron chi connectivity index (χ0n) is 11.6. The number of carbonyl (C=O) groups is 2. The molecule has 0 saturated carbocycles. The second-order valence-electron chi connectivity index (χ2n) is 5.57. The third-order valence-corrected chi connectivity index (χ3v) is 4.01. The van der Waals surface area contributed by atoms with Crippen molar-refractivity contribution in [2.24, 2.45) is 5.41 Å². The van der Waals surface area contributed by atoms with Crippen LogP contribution in [0.4, 0.5) is 0 Å². The number of likely N-dealkylation sites (tertiary alicyclic amines) is 1. The van der Waals surface area contributed by atoms with Gasteiger partial charge in [-0.15, -0.1) is 0 Å². The number of rotatable bonds is 2. The molecule has 1 aromatic heterocycles. The highest BCUT2D eigenvalue weighted by Crippen LogP contribution is 2.31. The highest BCUT2D eigenvalue weighted by molar-refractivity contribution is 6.04. The van der Waals surface area contributed by atoms with Crippen LogP contribution in [0.3, 0.4) is 0 Å². The van der Waals surface area contributed by atoms with Gasteiger partial charge in [0.2, 0.25) is 0 Å². The quantitative estimate of drug-likeness (QED) is 0.905. The van der Waals surface area contributed by atoms with Crippen LogP contribution in [0.5, 0.6) is 0 Å². The Bertz CT molecular complexity index is 726. The maximum atomic E-state index is 12.6. The molecular weight excluding hydrogens is 270 g/mol. The molecule has 1 unspecified atom stereocenters. The first-order valence-corrected chi connectivity index (χ1v) is 6.74. The fraction of sp³-hybridized carbons (Fsp3) is 0.333. The summed E-state index contributed by atoms with van der Waals surface area (Å²) in [6.45, 7) is 2.33. The van der Waals surface area contributed by atoms with Crippen molar-refractivity contribution in [3.8, 4) is 0 Å². The lowest BCUT2D eigenvalue weighted by molar-refractivity contribution is -0.147. The van der Waals surface area contributed by atoms with Gasteiger partial charge in [0.25, 0.3) is 5.91 Å². The number of carboxylic acids is 1. The smallest absolute Gasteiger partial charge is 0.311 e. The summed E-state index contributed by atoms with van der Waals surface area (Å²) >= 11 is 0. The van der Waals surface area contributed by atoms with Crippen molar-refractivity contribution in [2.45, 2.75) is 13.3 Å². The van der Waals surface area contributed by atoms with Gasteiger partial charge in [-0.1, -0.05) is 6.07 Å². The van der Waals surface area contributed by atoms with Gasteiger partial charge in [0, 0.05) is 25.5 Å². The van der Waals surface area contributed by atoms with Crippen LogP contribution in [0.1, 0.15) is 23.7 Å². The van der Waals surface area contributed by atoms with Gasteiger partial charge < -0.3 is 10.0 Å². The van der Waals surface area contributed by atoms with Gasteiger partial charge >= 0.3 is 5.97 Å². The Labute approximate surface area is 121 Å². The summed E-state index contributed by atoms with van der Waals surface area (Å²) in [5.74, 6) is -1.05. The first kappa shape index (κ1) is 13.5. The number of aliphatic carboxylic acids is 1. The van der Waals surface area contributed by atoms with Crippen LogP contribution in [0.15, 0.2) is 30.6 Å². The lowest BCUT2D eigenvalue weighted by atomic mass is 9.90. The van der Waals surface area contributed by atoms with E-state index in [1.54, 1.807) is 42.4 Å². The molecule has 2 heterocycles. The summed E-state index contributed by atoms with van der Waals surface area (Å²) in [5, 5.41) is 9.25. The van der Waals surface area contributed by atoms with Crippen LogP contribution in [0, 0.1) is 5.41 Å². The standard InChI is InChI=1S/C15H15N3O3/c1-15(14(20)21)5-8-18(9-15)13(19)10-3-2-4-11-12(10)17-7-6-16-11/h2-4,6-7H,5,8-9H2,1H3,(H,20,21). The van der Waals surface area contributed by atoms with E-state index < -0.39 is 11.4 Å². The van der Waals surface area contributed by atoms with Crippen LogP contribution >= 0.6 is 0 Å². The SMILES string of the molecule is CC1(C(=O)O)CCN(C(=O)c2cccc3nccnc23)C1. The van der Waals surface area contributed by atoms with Gasteiger partial charge in [-0.05, 0) is 25.5 Å². The molecule has 6 nitrogen and oxygen atoms in total. The minimum atomic E-state index is -0.869. The van der Waals surface area contributed by atoms with Gasteiger partial charge in [-0.25, -0.2) is 0 Å². The van der Waals surface area contributed by atoms with E-state index in [1.807, 2.05) is 0 Å². The number of amides is 1. The van der Waals surface area contributed by atoms with Crippen molar-refractivity contribution >= 4 is 22.9 Å². The second-order valence-corrected chi connectivity index (χ2v) is 5.57. The molecule has 6 heteroatoms. The van der Waals surface area contributed by atoms with Gasteiger partial charge in [-0.2, -0.15) is 0 Å². The Morgan fingerprint density at radius 2 is 2.05 bits per heavy atom. The molecule has 0 bridgehead atoms. The van der Waals surface area contributed by atoms with E-state index in [9.17, 15) is 14.7 Å². The summed E-state index contributed by atoms with van der Waals surface area (Å²) in [6.07, 6.45) is 3.59. The van der Waals surface area contributed by atoms with Gasteiger partial charge in [0.1, 0.15) is 5.52 Å². The van der Waals surface area contributed by atoms with E-state index >= 15 is 0 Å². The number of carboxylic acid groups (broad SMARTS) is 1. The maximum absolute atomic E-state index is 12.6. The zero-order valence-corrected chi connectivity index (χ0v) is 11.6. The summed E-state index contributed by atoms with van der Waals surface area (Å²) in [4.78, 5) is 33.9. The molecule has 2 aromatic rings. The van der Waals surface area contributed by atoms with Crippen molar-refractivity contribution in [1.82, 2.24) is 14.9 Å². The van der Waals surface area contributed by atoms with E-state index in [-0.39, 0.29) is 12.5 Å². The number of hydrogen-bond donors (Lipinski definition) is 1. The van der Waals surface area contributed by atoms with E-state index in [0.29, 0.717) is 29.6 Å². The molecular formula is C15H15N3O3. The molecule has 3 rings (SSSR count). The third-order valence-electron chi connectivity index (χ3n) is 4.01. The highest BCUT2D eigenvalue weighted by atomic mass is 16.4. The van der Waals surface area contributed by atoms with Crippen LogP contribution in [0.25, 0.3) is 11.0 Å². The summed E-state index contributed by atoms with van der Waals surface area (Å²) in [5.41, 5.74) is 0.805. The number of carbonyl (C=O) groups excluding carboxylic acids is 1. The number of para-hydroxylation sites is 1. The third kappa shape index (κ3) is 2.22. The average Bonchev–Trinajstić information content (AvgIpc) is 2.90. The van der Waals surface area contributed by atoms with Crippen molar-refractivity contribution < 1.29 is 14.7 Å². The minimum absolute atomic E-state index is 0.189. The van der Waals surface area contributed by atoms with Crippen molar-refractivity contribution in [3.63, 3.8) is 0 Å². The summed E-state index contributed by atoms with van der Waals surface area (Å²) in [6, 6.07) is 5.26. The molecule has 21 heavy (non-hydrogen) atoms. The lowest BCUT2D eigenvalue weighted by Gasteiger charge is -2.20. The Morgan fingerprint density at radius 1 is 1.29 bits per heavy atom. The average molecular weight is 285 g/mol.